The summed E-state index contributed by atoms with van der Waals surface area (Å²) < 4.78 is 19.9. The fourth-order valence-corrected chi connectivity index (χ4v) is 6.60. The first-order valence-electron chi connectivity index (χ1n) is 15.8. The van der Waals surface area contributed by atoms with Gasteiger partial charge in [0.15, 0.2) is 0 Å². The second kappa shape index (κ2) is 15.5. The van der Waals surface area contributed by atoms with E-state index in [0.29, 0.717) is 23.6 Å². The highest BCUT2D eigenvalue weighted by atomic mass is 35.5. The van der Waals surface area contributed by atoms with E-state index in [4.69, 9.17) is 22.1 Å². The van der Waals surface area contributed by atoms with Crippen molar-refractivity contribution in [2.24, 2.45) is 17.6 Å². The van der Waals surface area contributed by atoms with Crippen molar-refractivity contribution < 1.29 is 33.1 Å². The number of alkyl carbamates (subject to hydrolysis) is 1. The third kappa shape index (κ3) is 9.05. The number of ether oxygens (including phenoxy) is 1. The highest BCUT2D eigenvalue weighted by Gasteiger charge is 2.39. The molecule has 0 spiro atoms. The van der Waals surface area contributed by atoms with Gasteiger partial charge in [-0.05, 0) is 60.6 Å². The highest BCUT2D eigenvalue weighted by Crippen LogP contribution is 2.40. The minimum atomic E-state index is -1.33. The first kappa shape index (κ1) is 34.9. The van der Waals surface area contributed by atoms with E-state index in [-0.39, 0.29) is 24.7 Å². The standard InChI is InChI=1S/C34H42ClFN4O6/c1-34(2,23-9-6-10-24(35)19-23)29(21-11-13-25(36)14-12-21)46-33(45)40-27(17-20-7-4-3-5-8-20)32(44)39-26(28(41)30(37)42)18-22-15-16-38-31(22)43/h6,9-14,19-20,22,26-27,29H,3-5,7-8,15-18H2,1-2H3,(H2,37,42)(H,38,43)(H,39,44)(H,40,45)/t22-,26-,27-,29?/m0/s1. The van der Waals surface area contributed by atoms with Gasteiger partial charge >= 0.3 is 6.09 Å². The van der Waals surface area contributed by atoms with E-state index in [1.165, 1.54) is 24.3 Å². The van der Waals surface area contributed by atoms with Gasteiger partial charge < -0.3 is 26.4 Å². The van der Waals surface area contributed by atoms with E-state index in [1.807, 2.05) is 19.9 Å². The van der Waals surface area contributed by atoms with Crippen molar-refractivity contribution in [3.63, 3.8) is 0 Å². The van der Waals surface area contributed by atoms with Crippen LogP contribution in [0.3, 0.4) is 0 Å². The lowest BCUT2D eigenvalue weighted by Crippen LogP contribution is -2.54. The van der Waals surface area contributed by atoms with Crippen molar-refractivity contribution in [3.8, 4) is 0 Å². The molecule has 5 N–H and O–H groups in total. The Morgan fingerprint density at radius 3 is 2.30 bits per heavy atom. The Balaban J connectivity index is 1.58. The summed E-state index contributed by atoms with van der Waals surface area (Å²) in [6, 6.07) is 10.3. The molecule has 4 amide bonds. The third-order valence-corrected chi connectivity index (χ3v) is 9.32. The van der Waals surface area contributed by atoms with Gasteiger partial charge in [0.2, 0.25) is 17.6 Å². The molecule has 1 aliphatic carbocycles. The maximum absolute atomic E-state index is 13.9. The predicted octanol–water partition coefficient (Wildman–Crippen LogP) is 4.63. The second-order valence-electron chi connectivity index (χ2n) is 12.8. The van der Waals surface area contributed by atoms with Crippen LogP contribution in [0.2, 0.25) is 5.02 Å². The van der Waals surface area contributed by atoms with Gasteiger partial charge in [0.05, 0.1) is 6.04 Å². The van der Waals surface area contributed by atoms with Crippen molar-refractivity contribution in [2.45, 2.75) is 88.8 Å². The molecule has 10 nitrogen and oxygen atoms in total. The number of hydrogen-bond donors (Lipinski definition) is 4. The van der Waals surface area contributed by atoms with E-state index < -0.39 is 59.0 Å². The van der Waals surface area contributed by atoms with Crippen LogP contribution in [0, 0.1) is 17.7 Å². The summed E-state index contributed by atoms with van der Waals surface area (Å²) in [5.41, 5.74) is 5.73. The lowest BCUT2D eigenvalue weighted by atomic mass is 9.76. The number of Topliss-reactive ketones (excluding diaryl/α,β-unsaturated/α-hetero) is 1. The van der Waals surface area contributed by atoms with Crippen molar-refractivity contribution in [1.82, 2.24) is 16.0 Å². The van der Waals surface area contributed by atoms with E-state index in [1.54, 1.807) is 18.2 Å². The Hall–Kier alpha value is -3.99. The summed E-state index contributed by atoms with van der Waals surface area (Å²) in [6.07, 6.45) is 3.61. The first-order chi connectivity index (χ1) is 21.8. The predicted molar refractivity (Wildman–Crippen MR) is 170 cm³/mol. The molecular weight excluding hydrogens is 615 g/mol. The van der Waals surface area contributed by atoms with Gasteiger partial charge in [0, 0.05) is 22.9 Å². The summed E-state index contributed by atoms with van der Waals surface area (Å²) >= 11 is 6.28. The van der Waals surface area contributed by atoms with Crippen LogP contribution in [0.1, 0.15) is 82.4 Å². The van der Waals surface area contributed by atoms with Crippen molar-refractivity contribution in [2.75, 3.05) is 6.54 Å². The fourth-order valence-electron chi connectivity index (χ4n) is 6.41. The molecule has 46 heavy (non-hydrogen) atoms. The number of nitrogens with two attached hydrogens (primary N) is 1. The highest BCUT2D eigenvalue weighted by molar-refractivity contribution is 6.38. The molecule has 1 saturated carbocycles. The Morgan fingerprint density at radius 1 is 1.00 bits per heavy atom. The Labute approximate surface area is 273 Å². The van der Waals surface area contributed by atoms with E-state index in [9.17, 15) is 28.4 Å². The van der Waals surface area contributed by atoms with E-state index in [0.717, 1.165) is 37.7 Å². The van der Waals surface area contributed by atoms with Crippen LogP contribution in [-0.2, 0) is 29.3 Å². The number of hydrogen-bond acceptors (Lipinski definition) is 6. The lowest BCUT2D eigenvalue weighted by Gasteiger charge is -2.35. The molecule has 2 aromatic carbocycles. The quantitative estimate of drug-likeness (QED) is 0.230. The molecule has 0 aromatic heterocycles. The molecule has 2 aliphatic rings. The fraction of sp³-hybridized carbons (Fsp3) is 0.500. The molecule has 1 saturated heterocycles. The Morgan fingerprint density at radius 2 is 1.70 bits per heavy atom. The van der Waals surface area contributed by atoms with Gasteiger partial charge in [0.25, 0.3) is 5.91 Å². The molecule has 1 unspecified atom stereocenters. The molecule has 1 aliphatic heterocycles. The Kier molecular flexibility index (Phi) is 11.8. The maximum Gasteiger partial charge on any atom is 0.408 e. The summed E-state index contributed by atoms with van der Waals surface area (Å²) in [5.74, 6) is -4.11. The molecule has 0 bridgehead atoms. The molecule has 12 heteroatoms. The number of primary amides is 1. The van der Waals surface area contributed by atoms with Crippen LogP contribution in [0.4, 0.5) is 9.18 Å². The topological polar surface area (TPSA) is 157 Å². The molecule has 2 fully saturated rings. The molecule has 4 rings (SSSR count). The second-order valence-corrected chi connectivity index (χ2v) is 13.2. The zero-order chi connectivity index (χ0) is 33.4. The molecular formula is C34H42ClFN4O6. The number of rotatable bonds is 13. The zero-order valence-corrected chi connectivity index (χ0v) is 26.9. The van der Waals surface area contributed by atoms with E-state index in [2.05, 4.69) is 16.0 Å². The van der Waals surface area contributed by atoms with Crippen LogP contribution in [0.15, 0.2) is 48.5 Å². The minimum Gasteiger partial charge on any atom is -0.440 e. The van der Waals surface area contributed by atoms with Gasteiger partial charge in [-0.25, -0.2) is 9.18 Å². The van der Waals surface area contributed by atoms with Crippen molar-refractivity contribution in [1.29, 1.82) is 0 Å². The van der Waals surface area contributed by atoms with Crippen LogP contribution in [0.5, 0.6) is 0 Å². The average molecular weight is 657 g/mol. The number of carbonyl (C=O) groups is 5. The first-order valence-corrected chi connectivity index (χ1v) is 16.1. The average Bonchev–Trinajstić information content (AvgIpc) is 3.43. The third-order valence-electron chi connectivity index (χ3n) is 9.08. The zero-order valence-electron chi connectivity index (χ0n) is 26.2. The summed E-state index contributed by atoms with van der Waals surface area (Å²) in [7, 11) is 0. The van der Waals surface area contributed by atoms with Crippen molar-refractivity contribution >= 4 is 41.2 Å². The number of carbonyl (C=O) groups excluding carboxylic acids is 5. The van der Waals surface area contributed by atoms with E-state index >= 15 is 0 Å². The number of halogens is 2. The van der Waals surface area contributed by atoms with Crippen LogP contribution in [0.25, 0.3) is 0 Å². The minimum absolute atomic E-state index is 0.0968. The lowest BCUT2D eigenvalue weighted by molar-refractivity contribution is -0.139. The number of amides is 4. The number of benzene rings is 2. The molecule has 1 heterocycles. The van der Waals surface area contributed by atoms with Crippen LogP contribution >= 0.6 is 11.6 Å². The summed E-state index contributed by atoms with van der Waals surface area (Å²) in [6.45, 7) is 4.16. The number of nitrogens with one attached hydrogen (secondary N) is 3. The van der Waals surface area contributed by atoms with Crippen molar-refractivity contribution in [3.05, 3.63) is 70.5 Å². The summed E-state index contributed by atoms with van der Waals surface area (Å²) in [5, 5.41) is 8.48. The maximum atomic E-state index is 13.9. The monoisotopic (exact) mass is 656 g/mol. The molecule has 248 valence electrons. The van der Waals surface area contributed by atoms with Gasteiger partial charge in [-0.2, -0.15) is 0 Å². The van der Waals surface area contributed by atoms with Gasteiger partial charge in [-0.1, -0.05) is 81.8 Å². The van der Waals surface area contributed by atoms with Gasteiger partial charge in [-0.3, -0.25) is 19.2 Å². The molecule has 2 aromatic rings. The SMILES string of the molecule is CC(C)(c1cccc(Cl)c1)C(OC(=O)N[C@@H](CC1CCCCC1)C(=O)N[C@@H](C[C@@H]1CCNC1=O)C(=O)C(N)=O)c1ccc(F)cc1. The largest absolute Gasteiger partial charge is 0.440 e. The summed E-state index contributed by atoms with van der Waals surface area (Å²) in [4.78, 5) is 64.2. The Bertz CT molecular complexity index is 1430. The number of ketones is 1. The smallest absolute Gasteiger partial charge is 0.408 e. The van der Waals surface area contributed by atoms with Crippen LogP contribution in [-0.4, -0.2) is 48.2 Å². The molecule has 0 radical (unpaired) electrons. The van der Waals surface area contributed by atoms with Gasteiger partial charge in [0.1, 0.15) is 18.0 Å². The van der Waals surface area contributed by atoms with Crippen LogP contribution < -0.4 is 21.7 Å². The normalized spacial score (nSPS) is 19.0. The molecule has 4 atom stereocenters. The van der Waals surface area contributed by atoms with Gasteiger partial charge in [-0.15, -0.1) is 0 Å².